The first-order valence-corrected chi connectivity index (χ1v) is 6.77. The van der Waals surface area contributed by atoms with E-state index in [0.717, 1.165) is 31.4 Å². The fourth-order valence-corrected chi connectivity index (χ4v) is 2.61. The molecule has 2 atom stereocenters. The van der Waals surface area contributed by atoms with Gasteiger partial charge in [-0.3, -0.25) is 4.90 Å². The molecule has 4 nitrogen and oxygen atoms in total. The average molecular weight is 260 g/mol. The van der Waals surface area contributed by atoms with Gasteiger partial charge >= 0.3 is 0 Å². The summed E-state index contributed by atoms with van der Waals surface area (Å²) in [6.45, 7) is 1.62. The Labute approximate surface area is 113 Å². The van der Waals surface area contributed by atoms with E-state index in [0.29, 0.717) is 12.1 Å². The number of aliphatic hydroxyl groups is 2. The second-order valence-corrected chi connectivity index (χ2v) is 5.08. The first kappa shape index (κ1) is 14.0. The van der Waals surface area contributed by atoms with E-state index in [4.69, 9.17) is 5.26 Å². The van der Waals surface area contributed by atoms with Gasteiger partial charge in [0.25, 0.3) is 0 Å². The predicted octanol–water partition coefficient (Wildman–Crippen LogP) is 1.44. The number of rotatable bonds is 4. The first-order valence-electron chi connectivity index (χ1n) is 6.77. The Kier molecular flexibility index (Phi) is 4.92. The molecule has 1 aromatic rings. The van der Waals surface area contributed by atoms with Crippen LogP contribution in [0.1, 0.15) is 36.5 Å². The Morgan fingerprint density at radius 1 is 1.32 bits per heavy atom. The van der Waals surface area contributed by atoms with Crippen molar-refractivity contribution >= 4 is 0 Å². The van der Waals surface area contributed by atoms with E-state index in [1.165, 1.54) is 0 Å². The molecule has 19 heavy (non-hydrogen) atoms. The molecule has 0 amide bonds. The van der Waals surface area contributed by atoms with Crippen LogP contribution < -0.4 is 0 Å². The average Bonchev–Trinajstić information content (AvgIpc) is 2.48. The lowest BCUT2D eigenvalue weighted by Gasteiger charge is -2.35. The molecule has 2 unspecified atom stereocenters. The number of aliphatic hydroxyl groups excluding tert-OH is 2. The van der Waals surface area contributed by atoms with E-state index >= 15 is 0 Å². The number of nitrogens with zero attached hydrogens (tertiary/aromatic N) is 2. The summed E-state index contributed by atoms with van der Waals surface area (Å²) in [5.41, 5.74) is 1.42. The van der Waals surface area contributed by atoms with Crippen molar-refractivity contribution < 1.29 is 10.2 Å². The molecule has 0 saturated carbocycles. The van der Waals surface area contributed by atoms with E-state index in [1.54, 1.807) is 24.3 Å². The SMILES string of the molecule is N#Cc1ccc(C(O)CN2CCCCC2CO)cc1. The van der Waals surface area contributed by atoms with E-state index in [-0.39, 0.29) is 12.6 Å². The zero-order chi connectivity index (χ0) is 13.7. The minimum Gasteiger partial charge on any atom is -0.395 e. The van der Waals surface area contributed by atoms with E-state index in [9.17, 15) is 10.2 Å². The van der Waals surface area contributed by atoms with Gasteiger partial charge < -0.3 is 10.2 Å². The van der Waals surface area contributed by atoms with Gasteiger partial charge in [0.1, 0.15) is 0 Å². The van der Waals surface area contributed by atoms with Crippen molar-refractivity contribution in [2.24, 2.45) is 0 Å². The van der Waals surface area contributed by atoms with Crippen LogP contribution in [0, 0.1) is 11.3 Å². The van der Waals surface area contributed by atoms with Gasteiger partial charge in [-0.15, -0.1) is 0 Å². The van der Waals surface area contributed by atoms with Gasteiger partial charge in [0.2, 0.25) is 0 Å². The minimum absolute atomic E-state index is 0.153. The lowest BCUT2D eigenvalue weighted by molar-refractivity contribution is 0.0417. The Morgan fingerprint density at radius 3 is 2.68 bits per heavy atom. The molecule has 0 bridgehead atoms. The number of β-amino-alcohol motifs (C(OH)–C–C–N with tert-alkyl or cyclic N) is 1. The standard InChI is InChI=1S/C15H20N2O2/c16-9-12-4-6-13(7-5-12)15(19)10-17-8-2-1-3-14(17)11-18/h4-7,14-15,18-19H,1-3,8,10-11H2. The number of hydrogen-bond donors (Lipinski definition) is 2. The number of likely N-dealkylation sites (tertiary alicyclic amines) is 1. The summed E-state index contributed by atoms with van der Waals surface area (Å²) in [6, 6.07) is 9.26. The lowest BCUT2D eigenvalue weighted by Crippen LogP contribution is -2.43. The summed E-state index contributed by atoms with van der Waals surface area (Å²) in [4.78, 5) is 2.16. The third-order valence-electron chi connectivity index (χ3n) is 3.79. The topological polar surface area (TPSA) is 67.5 Å². The summed E-state index contributed by atoms with van der Waals surface area (Å²) >= 11 is 0. The maximum absolute atomic E-state index is 10.2. The second-order valence-electron chi connectivity index (χ2n) is 5.08. The van der Waals surface area contributed by atoms with Crippen LogP contribution in [0.4, 0.5) is 0 Å². The molecular formula is C15H20N2O2. The van der Waals surface area contributed by atoms with Crippen LogP contribution in [0.2, 0.25) is 0 Å². The molecule has 1 saturated heterocycles. The molecule has 0 radical (unpaired) electrons. The van der Waals surface area contributed by atoms with Crippen LogP contribution in [0.5, 0.6) is 0 Å². The smallest absolute Gasteiger partial charge is 0.0991 e. The Bertz CT molecular complexity index is 438. The van der Waals surface area contributed by atoms with Crippen LogP contribution >= 0.6 is 0 Å². The molecule has 2 rings (SSSR count). The van der Waals surface area contributed by atoms with Crippen molar-refractivity contribution in [3.05, 3.63) is 35.4 Å². The Morgan fingerprint density at radius 2 is 2.05 bits per heavy atom. The highest BCUT2D eigenvalue weighted by Crippen LogP contribution is 2.21. The lowest BCUT2D eigenvalue weighted by atomic mass is 10.0. The van der Waals surface area contributed by atoms with Gasteiger partial charge in [0.05, 0.1) is 24.3 Å². The number of piperidine rings is 1. The molecule has 0 spiro atoms. The zero-order valence-corrected chi connectivity index (χ0v) is 11.0. The monoisotopic (exact) mass is 260 g/mol. The van der Waals surface area contributed by atoms with E-state index in [2.05, 4.69) is 11.0 Å². The quantitative estimate of drug-likeness (QED) is 0.859. The summed E-state index contributed by atoms with van der Waals surface area (Å²) in [6.07, 6.45) is 2.70. The molecule has 2 N–H and O–H groups in total. The molecule has 102 valence electrons. The van der Waals surface area contributed by atoms with Gasteiger partial charge in [0, 0.05) is 12.6 Å². The highest BCUT2D eigenvalue weighted by Gasteiger charge is 2.24. The molecule has 0 aromatic heterocycles. The number of nitriles is 1. The van der Waals surface area contributed by atoms with Gasteiger partial charge in [-0.05, 0) is 37.1 Å². The molecule has 1 aromatic carbocycles. The first-order chi connectivity index (χ1) is 9.24. The maximum atomic E-state index is 10.2. The van der Waals surface area contributed by atoms with Gasteiger partial charge in [-0.25, -0.2) is 0 Å². The van der Waals surface area contributed by atoms with Crippen LogP contribution in [0.25, 0.3) is 0 Å². The molecule has 1 fully saturated rings. The molecule has 1 aliphatic heterocycles. The van der Waals surface area contributed by atoms with Gasteiger partial charge in [-0.2, -0.15) is 5.26 Å². The molecule has 1 aliphatic rings. The third-order valence-corrected chi connectivity index (χ3v) is 3.79. The summed E-state index contributed by atoms with van der Waals surface area (Å²) in [7, 11) is 0. The van der Waals surface area contributed by atoms with Crippen molar-refractivity contribution in [1.29, 1.82) is 5.26 Å². The van der Waals surface area contributed by atoms with Crippen LogP contribution in [0.3, 0.4) is 0 Å². The highest BCUT2D eigenvalue weighted by molar-refractivity contribution is 5.32. The molecular weight excluding hydrogens is 240 g/mol. The molecule has 0 aliphatic carbocycles. The van der Waals surface area contributed by atoms with Gasteiger partial charge in [0.15, 0.2) is 0 Å². The zero-order valence-electron chi connectivity index (χ0n) is 11.0. The number of benzene rings is 1. The summed E-state index contributed by atoms with van der Waals surface area (Å²) < 4.78 is 0. The summed E-state index contributed by atoms with van der Waals surface area (Å²) in [5.74, 6) is 0. The summed E-state index contributed by atoms with van der Waals surface area (Å²) in [5, 5.41) is 28.3. The fraction of sp³-hybridized carbons (Fsp3) is 0.533. The number of hydrogen-bond acceptors (Lipinski definition) is 4. The van der Waals surface area contributed by atoms with E-state index < -0.39 is 6.10 Å². The Balaban J connectivity index is 1.99. The van der Waals surface area contributed by atoms with Crippen molar-refractivity contribution in [1.82, 2.24) is 4.90 Å². The normalized spacial score (nSPS) is 21.8. The molecule has 1 heterocycles. The fourth-order valence-electron chi connectivity index (χ4n) is 2.61. The largest absolute Gasteiger partial charge is 0.395 e. The van der Waals surface area contributed by atoms with Crippen LogP contribution in [-0.2, 0) is 0 Å². The minimum atomic E-state index is -0.570. The highest BCUT2D eigenvalue weighted by atomic mass is 16.3. The van der Waals surface area contributed by atoms with Crippen LogP contribution in [-0.4, -0.2) is 40.9 Å². The second kappa shape index (κ2) is 6.67. The molecule has 4 heteroatoms. The van der Waals surface area contributed by atoms with E-state index in [1.807, 2.05) is 0 Å². The van der Waals surface area contributed by atoms with Crippen LogP contribution in [0.15, 0.2) is 24.3 Å². The van der Waals surface area contributed by atoms with Crippen molar-refractivity contribution in [2.45, 2.75) is 31.4 Å². The van der Waals surface area contributed by atoms with Crippen molar-refractivity contribution in [3.8, 4) is 6.07 Å². The van der Waals surface area contributed by atoms with Crippen molar-refractivity contribution in [3.63, 3.8) is 0 Å². The van der Waals surface area contributed by atoms with Gasteiger partial charge in [-0.1, -0.05) is 18.6 Å². The maximum Gasteiger partial charge on any atom is 0.0991 e. The Hall–Kier alpha value is -1.41. The van der Waals surface area contributed by atoms with Crippen molar-refractivity contribution in [2.75, 3.05) is 19.7 Å². The predicted molar refractivity (Wildman–Crippen MR) is 72.4 cm³/mol. The third kappa shape index (κ3) is 3.54.